The van der Waals surface area contributed by atoms with Crippen molar-refractivity contribution in [3.05, 3.63) is 41.4 Å². The first-order valence-corrected chi connectivity index (χ1v) is 7.59. The highest BCUT2D eigenvalue weighted by atomic mass is 35.5. The number of halogens is 4. The van der Waals surface area contributed by atoms with Gasteiger partial charge in [-0.1, -0.05) is 41.5 Å². The Morgan fingerprint density at radius 3 is 2.55 bits per heavy atom. The van der Waals surface area contributed by atoms with Crippen molar-refractivity contribution >= 4 is 33.0 Å². The first-order valence-electron chi connectivity index (χ1n) is 5.73. The number of benzene rings is 1. The second-order valence-electron chi connectivity index (χ2n) is 4.06. The summed E-state index contributed by atoms with van der Waals surface area (Å²) < 4.78 is 61.0. The van der Waals surface area contributed by atoms with E-state index in [-0.39, 0.29) is 28.6 Å². The van der Waals surface area contributed by atoms with E-state index in [0.717, 1.165) is 0 Å². The molecule has 1 aromatic carbocycles. The molecule has 0 saturated carbocycles. The molecule has 5 nitrogen and oxygen atoms in total. The van der Waals surface area contributed by atoms with Crippen LogP contribution in [-0.4, -0.2) is 26.2 Å². The zero-order valence-electron chi connectivity index (χ0n) is 11.3. The Morgan fingerprint density at radius 1 is 1.41 bits per heavy atom. The summed E-state index contributed by atoms with van der Waals surface area (Å²) in [7, 11) is -5.52. The van der Waals surface area contributed by atoms with Gasteiger partial charge in [-0.05, 0) is 13.0 Å². The number of rotatable bonds is 6. The van der Waals surface area contributed by atoms with Gasteiger partial charge in [-0.2, -0.15) is 21.6 Å². The lowest BCUT2D eigenvalue weighted by Crippen LogP contribution is -2.30. The highest BCUT2D eigenvalue weighted by Crippen LogP contribution is 2.27. The summed E-state index contributed by atoms with van der Waals surface area (Å²) in [6, 6.07) is 5.47. The van der Waals surface area contributed by atoms with Crippen molar-refractivity contribution < 1.29 is 26.4 Å². The SMILES string of the molecule is C=C(Cl)CON=C(C)c1ccccc1NS(=O)(=O)C(F)(F)F. The van der Waals surface area contributed by atoms with Crippen molar-refractivity contribution in [1.82, 2.24) is 0 Å². The number of para-hydroxylation sites is 1. The van der Waals surface area contributed by atoms with E-state index in [4.69, 9.17) is 16.4 Å². The Morgan fingerprint density at radius 2 is 2.00 bits per heavy atom. The first kappa shape index (κ1) is 18.3. The molecule has 0 unspecified atom stereocenters. The molecule has 0 aliphatic carbocycles. The van der Waals surface area contributed by atoms with Crippen molar-refractivity contribution in [3.8, 4) is 0 Å². The van der Waals surface area contributed by atoms with Crippen LogP contribution >= 0.6 is 11.6 Å². The van der Waals surface area contributed by atoms with Gasteiger partial charge in [-0.15, -0.1) is 0 Å². The third kappa shape index (κ3) is 4.92. The van der Waals surface area contributed by atoms with Crippen molar-refractivity contribution in [1.29, 1.82) is 0 Å². The molecule has 1 aromatic rings. The van der Waals surface area contributed by atoms with Crippen LogP contribution in [0.2, 0.25) is 0 Å². The third-order valence-corrected chi connectivity index (χ3v) is 3.50. The number of alkyl halides is 3. The minimum Gasteiger partial charge on any atom is -0.390 e. The van der Waals surface area contributed by atoms with E-state index in [1.165, 1.54) is 35.9 Å². The minimum absolute atomic E-state index is 0.0880. The molecule has 0 aromatic heterocycles. The van der Waals surface area contributed by atoms with Crippen LogP contribution in [0, 0.1) is 0 Å². The largest absolute Gasteiger partial charge is 0.516 e. The summed E-state index contributed by atoms with van der Waals surface area (Å²) >= 11 is 5.47. The van der Waals surface area contributed by atoms with E-state index >= 15 is 0 Å². The Labute approximate surface area is 130 Å². The number of nitrogens with zero attached hydrogens (tertiary/aromatic N) is 1. The van der Waals surface area contributed by atoms with Crippen molar-refractivity contribution in [2.45, 2.75) is 12.4 Å². The van der Waals surface area contributed by atoms with Gasteiger partial charge in [0.15, 0.2) is 6.61 Å². The predicted molar refractivity (Wildman–Crippen MR) is 78.2 cm³/mol. The Kier molecular flexibility index (Phi) is 5.84. The first-order chi connectivity index (χ1) is 10.0. The lowest BCUT2D eigenvalue weighted by Gasteiger charge is -2.13. The number of anilines is 1. The number of hydrogen-bond donors (Lipinski definition) is 1. The fraction of sp³-hybridized carbons (Fsp3) is 0.250. The highest BCUT2D eigenvalue weighted by Gasteiger charge is 2.46. The molecule has 1 rings (SSSR count). The maximum atomic E-state index is 12.4. The fourth-order valence-electron chi connectivity index (χ4n) is 1.34. The monoisotopic (exact) mass is 356 g/mol. The van der Waals surface area contributed by atoms with E-state index in [1.807, 2.05) is 0 Å². The standard InChI is InChI=1S/C12H12ClF3N2O3S/c1-8(13)7-21-17-9(2)10-5-3-4-6-11(10)18-22(19,20)12(14,15)16/h3-6,18H,1,7H2,2H3. The van der Waals surface area contributed by atoms with Crippen LogP contribution in [0.3, 0.4) is 0 Å². The third-order valence-electron chi connectivity index (χ3n) is 2.29. The van der Waals surface area contributed by atoms with Gasteiger partial charge in [0.1, 0.15) is 0 Å². The molecule has 0 amide bonds. The van der Waals surface area contributed by atoms with Gasteiger partial charge < -0.3 is 4.84 Å². The predicted octanol–water partition coefficient (Wildman–Crippen LogP) is 3.44. The quantitative estimate of drug-likeness (QED) is 0.627. The maximum absolute atomic E-state index is 12.4. The minimum atomic E-state index is -5.52. The molecule has 0 aliphatic heterocycles. The average molecular weight is 357 g/mol. The summed E-state index contributed by atoms with van der Waals surface area (Å²) in [6.07, 6.45) is 0. The van der Waals surface area contributed by atoms with Gasteiger partial charge in [-0.3, -0.25) is 4.72 Å². The van der Waals surface area contributed by atoms with Crippen molar-refractivity contribution in [2.75, 3.05) is 11.3 Å². The van der Waals surface area contributed by atoms with Crippen molar-refractivity contribution in [3.63, 3.8) is 0 Å². The van der Waals surface area contributed by atoms with Crippen LogP contribution in [0.4, 0.5) is 18.9 Å². The van der Waals surface area contributed by atoms with Gasteiger partial charge in [0, 0.05) is 5.56 Å². The van der Waals surface area contributed by atoms with Crippen LogP contribution in [0.15, 0.2) is 41.0 Å². The smallest absolute Gasteiger partial charge is 0.390 e. The fourth-order valence-corrected chi connectivity index (χ4v) is 1.97. The van der Waals surface area contributed by atoms with E-state index in [9.17, 15) is 21.6 Å². The number of oxime groups is 1. The zero-order chi connectivity index (χ0) is 17.0. The Balaban J connectivity index is 3.07. The van der Waals surface area contributed by atoms with E-state index in [2.05, 4.69) is 11.7 Å². The Hall–Kier alpha value is -1.74. The molecule has 0 bridgehead atoms. The molecular weight excluding hydrogens is 345 g/mol. The highest BCUT2D eigenvalue weighted by molar-refractivity contribution is 7.93. The molecule has 22 heavy (non-hydrogen) atoms. The molecule has 1 N–H and O–H groups in total. The summed E-state index contributed by atoms with van der Waals surface area (Å²) in [5.74, 6) is 0. The molecule has 10 heteroatoms. The van der Waals surface area contributed by atoms with Gasteiger partial charge >= 0.3 is 15.5 Å². The van der Waals surface area contributed by atoms with Gasteiger partial charge in [-0.25, -0.2) is 0 Å². The lowest BCUT2D eigenvalue weighted by atomic mass is 10.1. The second kappa shape index (κ2) is 7.01. The summed E-state index contributed by atoms with van der Waals surface area (Å²) in [5, 5.41) is 3.83. The van der Waals surface area contributed by atoms with Crippen molar-refractivity contribution in [2.24, 2.45) is 5.16 Å². The summed E-state index contributed by atoms with van der Waals surface area (Å²) in [4.78, 5) is 4.82. The molecule has 0 heterocycles. The van der Waals surface area contributed by atoms with Crippen LogP contribution < -0.4 is 4.72 Å². The summed E-state index contributed by atoms with van der Waals surface area (Å²) in [6.45, 7) is 4.73. The topological polar surface area (TPSA) is 67.8 Å². The normalized spacial score (nSPS) is 12.9. The molecule has 0 saturated heterocycles. The lowest BCUT2D eigenvalue weighted by molar-refractivity contribution is -0.0429. The van der Waals surface area contributed by atoms with E-state index < -0.39 is 15.5 Å². The number of hydrogen-bond acceptors (Lipinski definition) is 4. The van der Waals surface area contributed by atoms with E-state index in [1.54, 1.807) is 0 Å². The average Bonchev–Trinajstić information content (AvgIpc) is 2.37. The molecular formula is C12H12ClF3N2O3S. The van der Waals surface area contributed by atoms with Gasteiger partial charge in [0.05, 0.1) is 16.4 Å². The van der Waals surface area contributed by atoms with Crippen LogP contribution in [-0.2, 0) is 14.9 Å². The van der Waals surface area contributed by atoms with E-state index in [0.29, 0.717) is 0 Å². The maximum Gasteiger partial charge on any atom is 0.516 e. The van der Waals surface area contributed by atoms with Crippen LogP contribution in [0.5, 0.6) is 0 Å². The number of sulfonamides is 1. The van der Waals surface area contributed by atoms with Gasteiger partial charge in [0.25, 0.3) is 0 Å². The van der Waals surface area contributed by atoms with Gasteiger partial charge in [0.2, 0.25) is 0 Å². The molecule has 0 atom stereocenters. The molecule has 0 radical (unpaired) electrons. The van der Waals surface area contributed by atoms with Crippen LogP contribution in [0.25, 0.3) is 0 Å². The molecule has 0 aliphatic rings. The summed E-state index contributed by atoms with van der Waals surface area (Å²) in [5.41, 5.74) is -5.39. The second-order valence-corrected chi connectivity index (χ2v) is 6.27. The number of nitrogens with one attached hydrogen (secondary N) is 1. The molecule has 122 valence electrons. The Bertz CT molecular complexity index is 687. The molecule has 0 spiro atoms. The molecule has 0 fully saturated rings. The van der Waals surface area contributed by atoms with Crippen LogP contribution in [0.1, 0.15) is 12.5 Å². The zero-order valence-corrected chi connectivity index (χ0v) is 12.9.